The number of rotatable bonds is 5. The molecule has 0 saturated heterocycles. The smallest absolute Gasteiger partial charge is 0.305 e. The molecule has 1 aliphatic rings. The van der Waals surface area contributed by atoms with Crippen LogP contribution in [-0.4, -0.2) is 32.8 Å². The molecule has 116 valence electrons. The lowest BCUT2D eigenvalue weighted by atomic mass is 10.0. The lowest BCUT2D eigenvalue weighted by Gasteiger charge is -2.36. The number of likely N-dealkylation sites (N-methyl/N-ethyl adjacent to an activating group) is 1. The Hall–Kier alpha value is -1.71. The van der Waals surface area contributed by atoms with Crippen LogP contribution in [0, 0.1) is 5.92 Å². The number of carbonyl (C=O) groups is 1. The molecule has 0 fully saturated rings. The molecular weight excluding hydrogens is 266 g/mol. The zero-order valence-corrected chi connectivity index (χ0v) is 13.4. The molecule has 1 aromatic rings. The van der Waals surface area contributed by atoms with Gasteiger partial charge in [-0.15, -0.1) is 0 Å². The fourth-order valence-electron chi connectivity index (χ4n) is 2.57. The number of hydrogen-bond donors (Lipinski definition) is 0. The van der Waals surface area contributed by atoms with Gasteiger partial charge < -0.3 is 14.4 Å². The molecule has 0 aromatic heterocycles. The van der Waals surface area contributed by atoms with Gasteiger partial charge in [-0.25, -0.2) is 0 Å². The average molecular weight is 291 g/mol. The number of fused-ring (bicyclic) bond motifs is 1. The number of methoxy groups -OCH3 is 1. The number of nitrogens with zero attached hydrogens (tertiary/aromatic N) is 1. The zero-order chi connectivity index (χ0) is 15.4. The van der Waals surface area contributed by atoms with E-state index in [0.29, 0.717) is 12.3 Å². The van der Waals surface area contributed by atoms with Gasteiger partial charge in [-0.3, -0.25) is 4.79 Å². The molecule has 1 atom stereocenters. The fraction of sp³-hybridized carbons (Fsp3) is 0.588. The minimum absolute atomic E-state index is 0.145. The van der Waals surface area contributed by atoms with E-state index in [1.54, 1.807) is 0 Å². The van der Waals surface area contributed by atoms with Gasteiger partial charge >= 0.3 is 5.97 Å². The lowest BCUT2D eigenvalue weighted by Crippen LogP contribution is -2.40. The van der Waals surface area contributed by atoms with Crippen molar-refractivity contribution < 1.29 is 14.3 Å². The van der Waals surface area contributed by atoms with E-state index in [4.69, 9.17) is 4.74 Å². The zero-order valence-electron chi connectivity index (χ0n) is 13.4. The van der Waals surface area contributed by atoms with Crippen molar-refractivity contribution in [3.8, 4) is 5.75 Å². The maximum absolute atomic E-state index is 11.1. The second-order valence-corrected chi connectivity index (χ2v) is 6.01. The number of ether oxygens (including phenoxy) is 2. The SMILES string of the molecule is COC(=O)CCCc1ccc2c(c1)N(C)CC(C(C)C)O2. The maximum Gasteiger partial charge on any atom is 0.305 e. The molecule has 0 spiro atoms. The minimum atomic E-state index is -0.145. The van der Waals surface area contributed by atoms with Gasteiger partial charge in [0.1, 0.15) is 11.9 Å². The van der Waals surface area contributed by atoms with Gasteiger partial charge in [0.2, 0.25) is 0 Å². The summed E-state index contributed by atoms with van der Waals surface area (Å²) < 4.78 is 10.7. The molecule has 0 saturated carbocycles. The number of esters is 1. The Morgan fingerprint density at radius 2 is 2.24 bits per heavy atom. The van der Waals surface area contributed by atoms with Gasteiger partial charge in [0, 0.05) is 13.5 Å². The van der Waals surface area contributed by atoms with Gasteiger partial charge in [0.15, 0.2) is 0 Å². The van der Waals surface area contributed by atoms with Crippen LogP contribution in [0.25, 0.3) is 0 Å². The summed E-state index contributed by atoms with van der Waals surface area (Å²) in [5.74, 6) is 1.31. The van der Waals surface area contributed by atoms with Crippen LogP contribution >= 0.6 is 0 Å². The van der Waals surface area contributed by atoms with Crippen LogP contribution in [0.5, 0.6) is 5.75 Å². The lowest BCUT2D eigenvalue weighted by molar-refractivity contribution is -0.140. The van der Waals surface area contributed by atoms with E-state index in [1.165, 1.54) is 12.7 Å². The van der Waals surface area contributed by atoms with Gasteiger partial charge in [0.05, 0.1) is 19.3 Å². The van der Waals surface area contributed by atoms with Crippen molar-refractivity contribution >= 4 is 11.7 Å². The first-order chi connectivity index (χ1) is 10.0. The molecule has 0 N–H and O–H groups in total. The first-order valence-electron chi connectivity index (χ1n) is 7.58. The van der Waals surface area contributed by atoms with E-state index < -0.39 is 0 Å². The highest BCUT2D eigenvalue weighted by Gasteiger charge is 2.25. The molecule has 0 radical (unpaired) electrons. The summed E-state index contributed by atoms with van der Waals surface area (Å²) in [6.07, 6.45) is 2.40. The van der Waals surface area contributed by atoms with E-state index >= 15 is 0 Å². The first kappa shape index (κ1) is 15.7. The van der Waals surface area contributed by atoms with Crippen molar-refractivity contribution in [1.29, 1.82) is 0 Å². The monoisotopic (exact) mass is 291 g/mol. The molecule has 0 amide bonds. The summed E-state index contributed by atoms with van der Waals surface area (Å²) in [7, 11) is 3.54. The van der Waals surface area contributed by atoms with Crippen LogP contribution in [0.1, 0.15) is 32.3 Å². The Balaban J connectivity index is 2.02. The molecule has 4 nitrogen and oxygen atoms in total. The average Bonchev–Trinajstić information content (AvgIpc) is 2.47. The van der Waals surface area contributed by atoms with Gasteiger partial charge in [-0.1, -0.05) is 19.9 Å². The van der Waals surface area contributed by atoms with Crippen LogP contribution < -0.4 is 9.64 Å². The predicted molar refractivity (Wildman–Crippen MR) is 83.9 cm³/mol. The Bertz CT molecular complexity index is 499. The quantitative estimate of drug-likeness (QED) is 0.782. The summed E-state index contributed by atoms with van der Waals surface area (Å²) in [6, 6.07) is 6.31. The first-order valence-corrected chi connectivity index (χ1v) is 7.58. The van der Waals surface area contributed by atoms with Gasteiger partial charge in [-0.05, 0) is 36.5 Å². The normalized spacial score (nSPS) is 17.4. The van der Waals surface area contributed by atoms with E-state index in [9.17, 15) is 4.79 Å². The van der Waals surface area contributed by atoms with E-state index in [0.717, 1.165) is 30.8 Å². The van der Waals surface area contributed by atoms with E-state index in [-0.39, 0.29) is 12.1 Å². The summed E-state index contributed by atoms with van der Waals surface area (Å²) in [5.41, 5.74) is 2.37. The summed E-state index contributed by atoms with van der Waals surface area (Å²) >= 11 is 0. The second kappa shape index (κ2) is 6.83. The molecule has 2 rings (SSSR count). The largest absolute Gasteiger partial charge is 0.486 e. The van der Waals surface area contributed by atoms with Crippen molar-refractivity contribution in [3.05, 3.63) is 23.8 Å². The van der Waals surface area contributed by atoms with E-state index in [2.05, 4.69) is 42.7 Å². The van der Waals surface area contributed by atoms with Crippen LogP contribution in [0.3, 0.4) is 0 Å². The van der Waals surface area contributed by atoms with Crippen molar-refractivity contribution in [2.24, 2.45) is 5.92 Å². The van der Waals surface area contributed by atoms with Crippen molar-refractivity contribution in [1.82, 2.24) is 0 Å². The van der Waals surface area contributed by atoms with Crippen LogP contribution in [-0.2, 0) is 16.0 Å². The molecule has 1 aliphatic heterocycles. The summed E-state index contributed by atoms with van der Waals surface area (Å²) in [4.78, 5) is 13.4. The molecule has 1 aromatic carbocycles. The number of benzene rings is 1. The number of anilines is 1. The Morgan fingerprint density at radius 1 is 1.48 bits per heavy atom. The summed E-state index contributed by atoms with van der Waals surface area (Å²) in [5, 5.41) is 0. The molecular formula is C17H25NO3. The Morgan fingerprint density at radius 3 is 2.90 bits per heavy atom. The molecule has 1 heterocycles. The highest BCUT2D eigenvalue weighted by atomic mass is 16.5. The standard InChI is InChI=1S/C17H25NO3/c1-12(2)16-11-18(3)14-10-13(8-9-15(14)21-16)6-5-7-17(19)20-4/h8-10,12,16H,5-7,11H2,1-4H3. The van der Waals surface area contributed by atoms with Crippen molar-refractivity contribution in [3.63, 3.8) is 0 Å². The van der Waals surface area contributed by atoms with Crippen LogP contribution in [0.2, 0.25) is 0 Å². The maximum atomic E-state index is 11.1. The van der Waals surface area contributed by atoms with Crippen LogP contribution in [0.15, 0.2) is 18.2 Å². The van der Waals surface area contributed by atoms with Gasteiger partial charge in [-0.2, -0.15) is 0 Å². The molecule has 21 heavy (non-hydrogen) atoms. The van der Waals surface area contributed by atoms with E-state index in [1.807, 2.05) is 6.07 Å². The summed E-state index contributed by atoms with van der Waals surface area (Å²) in [6.45, 7) is 5.28. The number of carbonyl (C=O) groups excluding carboxylic acids is 1. The third kappa shape index (κ3) is 3.90. The minimum Gasteiger partial charge on any atom is -0.486 e. The highest BCUT2D eigenvalue weighted by Crippen LogP contribution is 2.35. The second-order valence-electron chi connectivity index (χ2n) is 6.01. The number of hydrogen-bond acceptors (Lipinski definition) is 4. The fourth-order valence-corrected chi connectivity index (χ4v) is 2.57. The molecule has 0 aliphatic carbocycles. The van der Waals surface area contributed by atoms with Crippen molar-refractivity contribution in [2.45, 2.75) is 39.2 Å². The third-order valence-corrected chi connectivity index (χ3v) is 3.98. The van der Waals surface area contributed by atoms with Crippen LogP contribution in [0.4, 0.5) is 5.69 Å². The molecule has 4 heteroatoms. The molecule has 1 unspecified atom stereocenters. The number of aryl methyl sites for hydroxylation is 1. The topological polar surface area (TPSA) is 38.8 Å². The third-order valence-electron chi connectivity index (χ3n) is 3.98. The molecule has 0 bridgehead atoms. The predicted octanol–water partition coefficient (Wildman–Crippen LogP) is 3.04. The Kier molecular flexibility index (Phi) is 5.10. The Labute approximate surface area is 127 Å². The van der Waals surface area contributed by atoms with Gasteiger partial charge in [0.25, 0.3) is 0 Å². The van der Waals surface area contributed by atoms with Crippen molar-refractivity contribution in [2.75, 3.05) is 25.6 Å². The highest BCUT2D eigenvalue weighted by molar-refractivity contribution is 5.69.